The summed E-state index contributed by atoms with van der Waals surface area (Å²) in [7, 11) is 0. The first-order chi connectivity index (χ1) is 12.5. The summed E-state index contributed by atoms with van der Waals surface area (Å²) in [5, 5.41) is 15.1. The Balaban J connectivity index is 4.79. The van der Waals surface area contributed by atoms with E-state index in [0.29, 0.717) is 31.7 Å². The van der Waals surface area contributed by atoms with E-state index in [1.165, 1.54) is 0 Å². The predicted molar refractivity (Wildman–Crippen MR) is 104 cm³/mol. The van der Waals surface area contributed by atoms with Crippen LogP contribution in [0.1, 0.15) is 60.3 Å². The Morgan fingerprint density at radius 3 is 2.41 bits per heavy atom. The minimum absolute atomic E-state index is 0.188. The number of hydrogen-bond donors (Lipinski definition) is 4. The van der Waals surface area contributed by atoms with Crippen LogP contribution in [0.15, 0.2) is 4.99 Å². The lowest BCUT2D eigenvalue weighted by atomic mass is 9.88. The molecule has 0 fully saturated rings. The average molecular weight is 386 g/mol. The second-order valence-electron chi connectivity index (χ2n) is 7.52. The number of aliphatic imine (C=N–C) groups is 1. The number of hydrazine groups is 1. The van der Waals surface area contributed by atoms with Crippen molar-refractivity contribution in [2.45, 2.75) is 66.3 Å². The summed E-state index contributed by atoms with van der Waals surface area (Å²) in [6, 6.07) is -0.685. The monoisotopic (exact) mass is 386 g/mol. The molecule has 0 unspecified atom stereocenters. The van der Waals surface area contributed by atoms with Crippen molar-refractivity contribution in [1.82, 2.24) is 16.1 Å². The largest absolute Gasteiger partial charge is 0.365 e. The molecule has 0 saturated carbocycles. The molecule has 0 rings (SSSR count). The van der Waals surface area contributed by atoms with Crippen LogP contribution in [0.3, 0.4) is 0 Å². The van der Waals surface area contributed by atoms with Gasteiger partial charge in [0, 0.05) is 18.5 Å². The number of carbonyl (C=O) groups excluding carboxylic acids is 2. The standard InChI is InChI=1S/C17H34N6O4/c1-6-17(4,5)15(25)21-13(14(24)19-11-9-12(2)3)8-7-10-20-16(18)22-23(26)27/h12-13H,6-11H2,1-5H3,(H,19,24)(H,21,25)(H3,18,20,22)/t13-/m0/s1. The van der Waals surface area contributed by atoms with Crippen LogP contribution in [-0.2, 0) is 9.59 Å². The lowest BCUT2D eigenvalue weighted by Gasteiger charge is -2.26. The summed E-state index contributed by atoms with van der Waals surface area (Å²) < 4.78 is 0. The number of guanidine groups is 1. The smallest absolute Gasteiger partial charge is 0.251 e. The molecule has 2 amide bonds. The van der Waals surface area contributed by atoms with E-state index in [1.807, 2.05) is 20.8 Å². The molecular weight excluding hydrogens is 352 g/mol. The fraction of sp³-hybridized carbons (Fsp3) is 0.824. The highest BCUT2D eigenvalue weighted by atomic mass is 16.7. The summed E-state index contributed by atoms with van der Waals surface area (Å²) in [5.74, 6) is -0.263. The average Bonchev–Trinajstić information content (AvgIpc) is 2.56. The first-order valence-corrected chi connectivity index (χ1v) is 9.29. The fourth-order valence-corrected chi connectivity index (χ4v) is 2.01. The molecule has 5 N–H and O–H groups in total. The highest BCUT2D eigenvalue weighted by Crippen LogP contribution is 2.20. The van der Waals surface area contributed by atoms with Crippen LogP contribution in [0.5, 0.6) is 0 Å². The van der Waals surface area contributed by atoms with E-state index in [0.717, 1.165) is 6.42 Å². The molecule has 0 aromatic carbocycles. The van der Waals surface area contributed by atoms with Crippen LogP contribution in [0.4, 0.5) is 0 Å². The topological polar surface area (TPSA) is 152 Å². The molecule has 0 aliphatic heterocycles. The summed E-state index contributed by atoms with van der Waals surface area (Å²) in [6.45, 7) is 10.4. The van der Waals surface area contributed by atoms with E-state index in [9.17, 15) is 19.7 Å². The molecule has 0 aliphatic rings. The van der Waals surface area contributed by atoms with Gasteiger partial charge in [-0.15, -0.1) is 0 Å². The number of nitrogens with one attached hydrogen (secondary N) is 3. The Morgan fingerprint density at radius 1 is 1.26 bits per heavy atom. The van der Waals surface area contributed by atoms with Crippen molar-refractivity contribution in [2.24, 2.45) is 22.1 Å². The molecule has 27 heavy (non-hydrogen) atoms. The zero-order valence-corrected chi connectivity index (χ0v) is 17.0. The van der Waals surface area contributed by atoms with Crippen LogP contribution in [0, 0.1) is 21.4 Å². The van der Waals surface area contributed by atoms with E-state index < -0.39 is 16.5 Å². The number of amides is 2. The summed E-state index contributed by atoms with van der Waals surface area (Å²) in [5.41, 5.74) is 6.53. The highest BCUT2D eigenvalue weighted by molar-refractivity contribution is 5.89. The summed E-state index contributed by atoms with van der Waals surface area (Å²) >= 11 is 0. The Labute approximate surface area is 160 Å². The minimum atomic E-state index is -0.795. The summed E-state index contributed by atoms with van der Waals surface area (Å²) in [4.78, 5) is 39.0. The molecule has 0 aromatic rings. The molecule has 0 aliphatic carbocycles. The van der Waals surface area contributed by atoms with Crippen molar-refractivity contribution in [3.05, 3.63) is 10.1 Å². The van der Waals surface area contributed by atoms with Crippen LogP contribution < -0.4 is 21.8 Å². The van der Waals surface area contributed by atoms with Gasteiger partial charge < -0.3 is 16.4 Å². The third kappa shape index (κ3) is 11.0. The van der Waals surface area contributed by atoms with Gasteiger partial charge in [0.25, 0.3) is 5.96 Å². The van der Waals surface area contributed by atoms with Gasteiger partial charge in [-0.1, -0.05) is 40.0 Å². The zero-order valence-electron chi connectivity index (χ0n) is 17.0. The van der Waals surface area contributed by atoms with Crippen molar-refractivity contribution in [3.8, 4) is 0 Å². The summed E-state index contributed by atoms with van der Waals surface area (Å²) in [6.07, 6.45) is 2.29. The number of nitrogens with two attached hydrogens (primary N) is 1. The number of hydrogen-bond acceptors (Lipinski definition) is 5. The number of nitro groups is 1. The Kier molecular flexibility index (Phi) is 11.0. The molecule has 10 nitrogen and oxygen atoms in total. The van der Waals surface area contributed by atoms with E-state index in [2.05, 4.69) is 29.5 Å². The molecule has 0 aromatic heterocycles. The Bertz CT molecular complexity index is 534. The molecule has 1 atom stereocenters. The molecule has 0 heterocycles. The quantitative estimate of drug-likeness (QED) is 0.129. The van der Waals surface area contributed by atoms with Crippen LogP contribution >= 0.6 is 0 Å². The van der Waals surface area contributed by atoms with Crippen LogP contribution in [0.25, 0.3) is 0 Å². The van der Waals surface area contributed by atoms with Crippen molar-refractivity contribution in [1.29, 1.82) is 0 Å². The van der Waals surface area contributed by atoms with Gasteiger partial charge in [0.2, 0.25) is 11.8 Å². The van der Waals surface area contributed by atoms with Crippen molar-refractivity contribution >= 4 is 17.8 Å². The molecular formula is C17H34N6O4. The molecule has 10 heteroatoms. The number of rotatable bonds is 12. The maximum absolute atomic E-state index is 12.5. The second-order valence-corrected chi connectivity index (χ2v) is 7.52. The van der Waals surface area contributed by atoms with Crippen molar-refractivity contribution in [3.63, 3.8) is 0 Å². The van der Waals surface area contributed by atoms with Crippen molar-refractivity contribution < 1.29 is 14.6 Å². The minimum Gasteiger partial charge on any atom is -0.365 e. The second kappa shape index (κ2) is 12.1. The van der Waals surface area contributed by atoms with Gasteiger partial charge in [0.15, 0.2) is 5.03 Å². The molecule has 156 valence electrons. The third-order valence-electron chi connectivity index (χ3n) is 4.28. The van der Waals surface area contributed by atoms with Crippen LogP contribution in [0.2, 0.25) is 0 Å². The first kappa shape index (κ1) is 24.6. The van der Waals surface area contributed by atoms with E-state index >= 15 is 0 Å². The lowest BCUT2D eigenvalue weighted by molar-refractivity contribution is -0.525. The van der Waals surface area contributed by atoms with Gasteiger partial charge in [-0.25, -0.2) is 15.1 Å². The van der Waals surface area contributed by atoms with Gasteiger partial charge in [-0.2, -0.15) is 0 Å². The molecule has 0 radical (unpaired) electrons. The van der Waals surface area contributed by atoms with E-state index in [4.69, 9.17) is 5.73 Å². The van der Waals surface area contributed by atoms with E-state index in [1.54, 1.807) is 5.43 Å². The number of nitrogens with zero attached hydrogens (tertiary/aromatic N) is 2. The van der Waals surface area contributed by atoms with Gasteiger partial charge in [0.05, 0.1) is 0 Å². The van der Waals surface area contributed by atoms with Crippen LogP contribution in [-0.4, -0.2) is 41.9 Å². The van der Waals surface area contributed by atoms with Gasteiger partial charge in [-0.3, -0.25) is 9.59 Å². The molecule has 0 spiro atoms. The van der Waals surface area contributed by atoms with Gasteiger partial charge >= 0.3 is 0 Å². The number of carbonyl (C=O) groups is 2. The zero-order chi connectivity index (χ0) is 21.0. The van der Waals surface area contributed by atoms with E-state index in [-0.39, 0.29) is 24.3 Å². The maximum Gasteiger partial charge on any atom is 0.251 e. The molecule has 0 saturated heterocycles. The van der Waals surface area contributed by atoms with Gasteiger partial charge in [0.1, 0.15) is 6.04 Å². The maximum atomic E-state index is 12.5. The third-order valence-corrected chi connectivity index (χ3v) is 4.28. The predicted octanol–water partition coefficient (Wildman–Crippen LogP) is 0.946. The normalized spacial score (nSPS) is 13.2. The highest BCUT2D eigenvalue weighted by Gasteiger charge is 2.29. The Hall–Kier alpha value is -2.39. The van der Waals surface area contributed by atoms with Crippen molar-refractivity contribution in [2.75, 3.05) is 13.1 Å². The van der Waals surface area contributed by atoms with Gasteiger partial charge in [-0.05, 0) is 31.6 Å². The Morgan fingerprint density at radius 2 is 1.89 bits per heavy atom. The SMILES string of the molecule is CCC(C)(C)C(=O)N[C@@H](CCCN=C(N)N[N+](=O)[O-])C(=O)NCCC(C)C. The fourth-order valence-electron chi connectivity index (χ4n) is 2.01. The molecule has 0 bridgehead atoms. The lowest BCUT2D eigenvalue weighted by Crippen LogP contribution is -2.50. The first-order valence-electron chi connectivity index (χ1n) is 9.29.